The Morgan fingerprint density at radius 3 is 2.61 bits per heavy atom. The molecule has 2 rings (SSSR count). The van der Waals surface area contributed by atoms with E-state index in [1.807, 2.05) is 6.92 Å². The fourth-order valence-corrected chi connectivity index (χ4v) is 2.76. The van der Waals surface area contributed by atoms with Gasteiger partial charge in [0.1, 0.15) is 0 Å². The summed E-state index contributed by atoms with van der Waals surface area (Å²) in [5.74, 6) is 0.447. The maximum Gasteiger partial charge on any atom is 0.251 e. The maximum absolute atomic E-state index is 12.5. The van der Waals surface area contributed by atoms with Crippen molar-refractivity contribution in [1.82, 2.24) is 5.32 Å². The molecule has 4 N–H and O–H groups in total. The zero-order chi connectivity index (χ0) is 17.0. The number of hydrogen-bond donors (Lipinski definition) is 3. The summed E-state index contributed by atoms with van der Waals surface area (Å²) >= 11 is 0. The summed E-state index contributed by atoms with van der Waals surface area (Å²) in [5, 5.41) is 5.89. The third kappa shape index (κ3) is 5.06. The van der Waals surface area contributed by atoms with Crippen LogP contribution in [0.15, 0.2) is 24.3 Å². The highest BCUT2D eigenvalue weighted by molar-refractivity contribution is 5.98. The van der Waals surface area contributed by atoms with Gasteiger partial charge in [0.15, 0.2) is 0 Å². The van der Waals surface area contributed by atoms with Crippen molar-refractivity contribution in [2.24, 2.45) is 17.6 Å². The largest absolute Gasteiger partial charge is 0.346 e. The van der Waals surface area contributed by atoms with E-state index in [1.54, 1.807) is 24.3 Å². The highest BCUT2D eigenvalue weighted by Gasteiger charge is 2.30. The van der Waals surface area contributed by atoms with E-state index >= 15 is 0 Å². The summed E-state index contributed by atoms with van der Waals surface area (Å²) in [4.78, 5) is 24.3. The van der Waals surface area contributed by atoms with Crippen molar-refractivity contribution in [3.05, 3.63) is 29.8 Å². The van der Waals surface area contributed by atoms with Gasteiger partial charge in [-0.1, -0.05) is 19.9 Å². The summed E-state index contributed by atoms with van der Waals surface area (Å²) in [6, 6.07) is 7.03. The van der Waals surface area contributed by atoms with Crippen LogP contribution in [0.3, 0.4) is 0 Å². The molecule has 0 bridgehead atoms. The van der Waals surface area contributed by atoms with Crippen LogP contribution in [0.25, 0.3) is 0 Å². The predicted molar refractivity (Wildman–Crippen MR) is 92.2 cm³/mol. The van der Waals surface area contributed by atoms with E-state index in [2.05, 4.69) is 24.5 Å². The Labute approximate surface area is 138 Å². The van der Waals surface area contributed by atoms with Gasteiger partial charge in [-0.25, -0.2) is 0 Å². The monoisotopic (exact) mass is 317 g/mol. The molecule has 0 saturated heterocycles. The predicted octanol–water partition coefficient (Wildman–Crippen LogP) is 2.53. The molecule has 0 heterocycles. The lowest BCUT2D eigenvalue weighted by Gasteiger charge is -2.31. The molecule has 2 amide bonds. The Hall–Kier alpha value is -1.88. The lowest BCUT2D eigenvalue weighted by atomic mass is 9.90. The molecular formula is C18H27N3O2. The number of benzene rings is 1. The lowest BCUT2D eigenvalue weighted by molar-refractivity contribution is -0.117. The molecule has 1 aliphatic carbocycles. The molecule has 0 radical (unpaired) electrons. The van der Waals surface area contributed by atoms with Crippen LogP contribution in [0.1, 0.15) is 50.4 Å². The van der Waals surface area contributed by atoms with Gasteiger partial charge in [-0.15, -0.1) is 0 Å². The summed E-state index contributed by atoms with van der Waals surface area (Å²) in [7, 11) is 0. The first-order valence-corrected chi connectivity index (χ1v) is 8.26. The highest BCUT2D eigenvalue weighted by atomic mass is 16.2. The second-order valence-corrected chi connectivity index (χ2v) is 7.16. The van der Waals surface area contributed by atoms with Crippen LogP contribution in [-0.4, -0.2) is 23.9 Å². The van der Waals surface area contributed by atoms with E-state index in [4.69, 9.17) is 5.73 Å². The van der Waals surface area contributed by atoms with Crippen LogP contribution in [-0.2, 0) is 4.79 Å². The summed E-state index contributed by atoms with van der Waals surface area (Å²) in [6.45, 7) is 6.56. The van der Waals surface area contributed by atoms with Crippen molar-refractivity contribution >= 4 is 17.5 Å². The Morgan fingerprint density at radius 2 is 2.04 bits per heavy atom. The van der Waals surface area contributed by atoms with E-state index in [1.165, 1.54) is 0 Å². The zero-order valence-electron chi connectivity index (χ0n) is 14.2. The average Bonchev–Trinajstić information content (AvgIpc) is 3.31. The number of amides is 2. The molecule has 1 aromatic rings. The molecule has 1 aliphatic rings. The van der Waals surface area contributed by atoms with Crippen LogP contribution >= 0.6 is 0 Å². The van der Waals surface area contributed by atoms with E-state index in [-0.39, 0.29) is 17.7 Å². The molecule has 5 heteroatoms. The SMILES string of the molecule is CC(C)CC(C)(CN)NC(=O)c1cccc(NC(=O)C2CC2)c1. The number of nitrogens with two attached hydrogens (primary N) is 1. The summed E-state index contributed by atoms with van der Waals surface area (Å²) in [5.41, 5.74) is 6.60. The van der Waals surface area contributed by atoms with Gasteiger partial charge in [0.2, 0.25) is 5.91 Å². The van der Waals surface area contributed by atoms with Crippen LogP contribution in [0, 0.1) is 11.8 Å². The number of anilines is 1. The van der Waals surface area contributed by atoms with Gasteiger partial charge in [0.25, 0.3) is 5.91 Å². The van der Waals surface area contributed by atoms with Crippen molar-refractivity contribution in [1.29, 1.82) is 0 Å². The van der Waals surface area contributed by atoms with Gasteiger partial charge in [-0.2, -0.15) is 0 Å². The highest BCUT2D eigenvalue weighted by Crippen LogP contribution is 2.30. The minimum absolute atomic E-state index is 0.0363. The standard InChI is InChI=1S/C18H27N3O2/c1-12(2)10-18(3,11-19)21-17(23)14-5-4-6-15(9-14)20-16(22)13-7-8-13/h4-6,9,12-13H,7-8,10-11,19H2,1-3H3,(H,20,22)(H,21,23). The Balaban J connectivity index is 2.04. The molecule has 23 heavy (non-hydrogen) atoms. The second-order valence-electron chi connectivity index (χ2n) is 7.16. The molecule has 5 nitrogen and oxygen atoms in total. The molecular weight excluding hydrogens is 290 g/mol. The van der Waals surface area contributed by atoms with Crippen LogP contribution < -0.4 is 16.4 Å². The van der Waals surface area contributed by atoms with Gasteiger partial charge < -0.3 is 16.4 Å². The molecule has 0 spiro atoms. The molecule has 1 fully saturated rings. The Morgan fingerprint density at radius 1 is 1.35 bits per heavy atom. The molecule has 1 saturated carbocycles. The maximum atomic E-state index is 12.5. The third-order valence-corrected chi connectivity index (χ3v) is 4.07. The van der Waals surface area contributed by atoms with Crippen LogP contribution in [0.2, 0.25) is 0 Å². The van der Waals surface area contributed by atoms with E-state index in [0.29, 0.717) is 23.7 Å². The van der Waals surface area contributed by atoms with Gasteiger partial charge in [-0.05, 0) is 50.3 Å². The van der Waals surface area contributed by atoms with Gasteiger partial charge in [-0.3, -0.25) is 9.59 Å². The first kappa shape index (κ1) is 17.5. The third-order valence-electron chi connectivity index (χ3n) is 4.07. The summed E-state index contributed by atoms with van der Waals surface area (Å²) < 4.78 is 0. The first-order valence-electron chi connectivity index (χ1n) is 8.26. The van der Waals surface area contributed by atoms with Gasteiger partial charge in [0.05, 0.1) is 0 Å². The first-order chi connectivity index (χ1) is 10.8. The average molecular weight is 317 g/mol. The summed E-state index contributed by atoms with van der Waals surface area (Å²) in [6.07, 6.45) is 2.72. The fraction of sp³-hybridized carbons (Fsp3) is 0.556. The van der Waals surface area contributed by atoms with Crippen molar-refractivity contribution in [3.8, 4) is 0 Å². The molecule has 0 aliphatic heterocycles. The minimum Gasteiger partial charge on any atom is -0.346 e. The van der Waals surface area contributed by atoms with Gasteiger partial charge >= 0.3 is 0 Å². The van der Waals surface area contributed by atoms with Crippen molar-refractivity contribution in [3.63, 3.8) is 0 Å². The van der Waals surface area contributed by atoms with Crippen LogP contribution in [0.4, 0.5) is 5.69 Å². The van der Waals surface area contributed by atoms with E-state index < -0.39 is 5.54 Å². The molecule has 0 aromatic heterocycles. The van der Waals surface area contributed by atoms with E-state index in [9.17, 15) is 9.59 Å². The zero-order valence-corrected chi connectivity index (χ0v) is 14.2. The number of carbonyl (C=O) groups excluding carboxylic acids is 2. The van der Waals surface area contributed by atoms with Crippen molar-refractivity contribution in [2.75, 3.05) is 11.9 Å². The van der Waals surface area contributed by atoms with E-state index in [0.717, 1.165) is 19.3 Å². The van der Waals surface area contributed by atoms with Crippen molar-refractivity contribution in [2.45, 2.75) is 45.6 Å². The lowest BCUT2D eigenvalue weighted by Crippen LogP contribution is -2.52. The quantitative estimate of drug-likeness (QED) is 0.722. The normalized spacial score (nSPS) is 16.7. The number of rotatable bonds is 7. The molecule has 1 atom stereocenters. The minimum atomic E-state index is -0.432. The fourth-order valence-electron chi connectivity index (χ4n) is 2.76. The van der Waals surface area contributed by atoms with Crippen molar-refractivity contribution < 1.29 is 9.59 Å². The Bertz CT molecular complexity index is 581. The van der Waals surface area contributed by atoms with Crippen LogP contribution in [0.5, 0.6) is 0 Å². The molecule has 126 valence electrons. The topological polar surface area (TPSA) is 84.2 Å². The number of nitrogens with one attached hydrogen (secondary N) is 2. The smallest absolute Gasteiger partial charge is 0.251 e. The Kier molecular flexibility index (Phi) is 5.42. The van der Waals surface area contributed by atoms with Gasteiger partial charge in [0, 0.05) is 29.3 Å². The number of hydrogen-bond acceptors (Lipinski definition) is 3. The number of carbonyl (C=O) groups is 2. The second kappa shape index (κ2) is 7.13. The molecule has 1 aromatic carbocycles. The molecule has 1 unspecified atom stereocenters.